The number of thiophene rings is 1. The van der Waals surface area contributed by atoms with E-state index in [-0.39, 0.29) is 11.6 Å². The molecule has 2 aliphatic rings. The first-order chi connectivity index (χ1) is 59.6. The van der Waals surface area contributed by atoms with Crippen LogP contribution in [0.1, 0.15) is 55.6 Å². The van der Waals surface area contributed by atoms with Crippen LogP contribution in [0.4, 0.5) is 42.9 Å². The van der Waals surface area contributed by atoms with Crippen molar-refractivity contribution in [2.75, 3.05) is 9.80 Å². The molecule has 0 spiro atoms. The molecule has 0 radical (unpaired) electrons. The lowest BCUT2D eigenvalue weighted by Gasteiger charge is -2.35. The Kier molecular flexibility index (Phi) is 18.6. The lowest BCUT2D eigenvalue weighted by atomic mass is 9.67. The Morgan fingerprint density at radius 1 is 0.240 bits per heavy atom. The third kappa shape index (κ3) is 13.1. The van der Waals surface area contributed by atoms with Crippen LogP contribution in [-0.2, 0) is 10.8 Å². The molecule has 121 heavy (non-hydrogen) atoms. The van der Waals surface area contributed by atoms with Gasteiger partial charge in [0.2, 0.25) is 0 Å². The second-order valence-electron chi connectivity index (χ2n) is 31.0. The van der Waals surface area contributed by atoms with Crippen LogP contribution in [-0.4, -0.2) is 0 Å². The van der Waals surface area contributed by atoms with Gasteiger partial charge in [0.25, 0.3) is 0 Å². The topological polar surface area (TPSA) is 24.9 Å². The maximum Gasteiger partial charge on any atom is 0.127 e. The fraction of sp³-hybridized carbons (Fsp3) is 0.0175. The molecule has 0 N–H and O–H groups in total. The average molecular weight is 1580 g/mol. The molecule has 0 fully saturated rings. The molecule has 0 aliphatic heterocycles. The Bertz CT molecular complexity index is 6720. The van der Waals surface area contributed by atoms with Crippen LogP contribution in [0.3, 0.4) is 0 Å². The van der Waals surface area contributed by atoms with Gasteiger partial charge in [-0.05, 0) is 292 Å². The van der Waals surface area contributed by atoms with E-state index in [4.69, 9.17) is 9.47 Å². The average Bonchev–Trinajstić information content (AvgIpc) is 1.54. The molecule has 7 heteroatoms. The van der Waals surface area contributed by atoms with Crippen molar-refractivity contribution in [1.82, 2.24) is 0 Å². The summed E-state index contributed by atoms with van der Waals surface area (Å²) in [6.45, 7) is 7.92. The number of ether oxygens (including phenoxy) is 2. The van der Waals surface area contributed by atoms with Gasteiger partial charge in [-0.2, -0.15) is 0 Å². The van der Waals surface area contributed by atoms with Gasteiger partial charge < -0.3 is 19.3 Å². The van der Waals surface area contributed by atoms with Gasteiger partial charge in [0.1, 0.15) is 34.6 Å². The van der Waals surface area contributed by atoms with Crippen LogP contribution in [0.5, 0.6) is 23.0 Å². The van der Waals surface area contributed by atoms with Crippen LogP contribution < -0.4 is 19.3 Å². The molecular formula is C114H76F2N2O2S. The number of hydrogen-bond donors (Lipinski definition) is 0. The summed E-state index contributed by atoms with van der Waals surface area (Å²) in [5, 5.41) is 2.24. The molecule has 2 unspecified atom stereocenters. The number of nitrogens with zero attached hydrogens (tertiary/aromatic N) is 2. The zero-order valence-corrected chi connectivity index (χ0v) is 66.7. The zero-order valence-electron chi connectivity index (χ0n) is 65.9. The van der Waals surface area contributed by atoms with Crippen molar-refractivity contribution in [1.29, 1.82) is 0 Å². The molecule has 0 saturated heterocycles. The van der Waals surface area contributed by atoms with Gasteiger partial charge in [-0.3, -0.25) is 0 Å². The molecule has 21 rings (SSSR count). The molecule has 18 aromatic carbocycles. The largest absolute Gasteiger partial charge is 0.457 e. The Morgan fingerprint density at radius 3 is 0.901 bits per heavy atom. The monoisotopic (exact) mass is 1570 g/mol. The van der Waals surface area contributed by atoms with Gasteiger partial charge in [-0.1, -0.05) is 280 Å². The number of benzene rings is 18. The van der Waals surface area contributed by atoms with Gasteiger partial charge in [-0.25, -0.2) is 8.78 Å². The van der Waals surface area contributed by atoms with Crippen LogP contribution in [0.2, 0.25) is 0 Å². The lowest BCUT2D eigenvalue weighted by Crippen LogP contribution is -2.28. The van der Waals surface area contributed by atoms with Gasteiger partial charge >= 0.3 is 0 Å². The second-order valence-corrected chi connectivity index (χ2v) is 32.1. The number of hydrogen-bond acceptors (Lipinski definition) is 5. The maximum atomic E-state index is 14.3. The molecule has 4 nitrogen and oxygen atoms in total. The second kappa shape index (κ2) is 30.6. The van der Waals surface area contributed by atoms with Crippen molar-refractivity contribution in [2.24, 2.45) is 0 Å². The highest BCUT2D eigenvalue weighted by Gasteiger charge is 2.48. The highest BCUT2D eigenvalue weighted by atomic mass is 32.1. The predicted molar refractivity (Wildman–Crippen MR) is 498 cm³/mol. The normalized spacial score (nSPS) is 14.2. The minimum atomic E-state index is -0.753. The summed E-state index contributed by atoms with van der Waals surface area (Å²) in [5.41, 5.74) is 28.5. The number of rotatable bonds is 20. The highest BCUT2D eigenvalue weighted by molar-refractivity contribution is 7.25. The van der Waals surface area contributed by atoms with E-state index in [1.807, 2.05) is 84.9 Å². The van der Waals surface area contributed by atoms with E-state index < -0.39 is 10.8 Å². The summed E-state index contributed by atoms with van der Waals surface area (Å²) in [6, 6.07) is 149. The van der Waals surface area contributed by atoms with E-state index in [0.29, 0.717) is 0 Å². The summed E-state index contributed by atoms with van der Waals surface area (Å²) in [6.07, 6.45) is 3.67. The van der Waals surface area contributed by atoms with E-state index >= 15 is 0 Å². The SMILES string of the molecule is C=Cc1ccc(Oc2ccc(C3(c4ccccc4)c4ccccc4-c4ccc(N(c5ccc(-c6cccc(-c7ccc(F)cc7)c6)cc5)c5ccc6sc7ccc(N(c8ccc(-c9cccc(-c%10ccc(F)cc%10)c9)cc8)c8ccc9c(c8)C(c8ccccc8)(c8ccc(Oc%10ccc(C=C)cc%10)cc8)c8ccccc8-9)cc7c6c5)cc43)cc2)cc1. The summed E-state index contributed by atoms with van der Waals surface area (Å²) in [7, 11) is 0. The van der Waals surface area contributed by atoms with E-state index in [2.05, 4.69) is 351 Å². The van der Waals surface area contributed by atoms with E-state index in [1.54, 1.807) is 11.3 Å². The van der Waals surface area contributed by atoms with Crippen LogP contribution in [0.15, 0.2) is 438 Å². The Morgan fingerprint density at radius 2 is 0.537 bits per heavy atom. The quantitative estimate of drug-likeness (QED) is 0.0759. The van der Waals surface area contributed by atoms with E-state index in [1.165, 1.54) is 46.5 Å². The number of halogens is 2. The molecule has 0 bridgehead atoms. The maximum absolute atomic E-state index is 14.3. The van der Waals surface area contributed by atoms with Crippen molar-refractivity contribution < 1.29 is 18.3 Å². The predicted octanol–water partition coefficient (Wildman–Crippen LogP) is 31.5. The van der Waals surface area contributed by atoms with E-state index in [0.717, 1.165) is 177 Å². The van der Waals surface area contributed by atoms with Crippen molar-refractivity contribution in [2.45, 2.75) is 10.8 Å². The summed E-state index contributed by atoms with van der Waals surface area (Å²) >= 11 is 1.80. The van der Waals surface area contributed by atoms with Gasteiger partial charge in [0, 0.05) is 54.3 Å². The first kappa shape index (κ1) is 73.4. The number of fused-ring (bicyclic) bond motifs is 9. The minimum absolute atomic E-state index is 0.266. The van der Waals surface area contributed by atoms with Crippen LogP contribution >= 0.6 is 11.3 Å². The molecular weight excluding hydrogens is 1500 g/mol. The lowest BCUT2D eigenvalue weighted by molar-refractivity contribution is 0.482. The number of anilines is 6. The molecule has 1 heterocycles. The summed E-state index contributed by atoms with van der Waals surface area (Å²) in [4.78, 5) is 4.85. The fourth-order valence-electron chi connectivity index (χ4n) is 18.5. The van der Waals surface area contributed by atoms with E-state index in [9.17, 15) is 8.78 Å². The molecule has 2 atom stereocenters. The van der Waals surface area contributed by atoms with Gasteiger partial charge in [-0.15, -0.1) is 11.3 Å². The fourth-order valence-corrected chi connectivity index (χ4v) is 19.6. The standard InChI is InChI=1S/C114H76F2N2O2S/c1-3-75-29-57-97(58-30-75)119-99-61-41-87(42-62-99)113(85-21-7-5-8-22-85)107-27-13-11-25-101(107)103-65-53-95(73-109(103)113)117(91-49-37-79(38-50-91)83-19-15-17-81(69-83)77-33-45-89(115)46-34-77)93-55-67-111-105(71-93)106-72-94(56-68-112(106)121-111)118(92-51-39-80(40-52-92)84-20-16-18-82(70-84)78-35-47-90(116)48-36-78)96-54-66-104-102-26-12-14-28-108(102)114(110(104)74-96,86-23-9-6-10-24-86)88-43-63-100(64-44-88)120-98-59-31-76(4-2)32-60-98/h3-74H,1-2H2. The Hall–Kier alpha value is -15.3. The van der Waals surface area contributed by atoms with Crippen molar-refractivity contribution in [3.63, 3.8) is 0 Å². The highest BCUT2D eigenvalue weighted by Crippen LogP contribution is 2.60. The molecule has 0 amide bonds. The molecule has 2 aliphatic carbocycles. The first-order valence-corrected chi connectivity index (χ1v) is 41.5. The van der Waals surface area contributed by atoms with Crippen LogP contribution in [0, 0.1) is 11.6 Å². The third-order valence-corrected chi connectivity index (χ3v) is 25.4. The Balaban J connectivity index is 0.730. The zero-order chi connectivity index (χ0) is 81.1. The molecule has 0 saturated carbocycles. The third-order valence-electron chi connectivity index (χ3n) is 24.2. The van der Waals surface area contributed by atoms with Crippen LogP contribution in [0.25, 0.3) is 99.1 Å². The van der Waals surface area contributed by atoms with Crippen molar-refractivity contribution >= 4 is 77.8 Å². The van der Waals surface area contributed by atoms with Gasteiger partial charge in [0.15, 0.2) is 0 Å². The first-order valence-electron chi connectivity index (χ1n) is 40.7. The summed E-state index contributed by atoms with van der Waals surface area (Å²) in [5.74, 6) is 2.44. The molecule has 1 aromatic heterocycles. The summed E-state index contributed by atoms with van der Waals surface area (Å²) < 4.78 is 44.0. The van der Waals surface area contributed by atoms with Gasteiger partial charge in [0.05, 0.1) is 10.8 Å². The minimum Gasteiger partial charge on any atom is -0.457 e. The van der Waals surface area contributed by atoms with Crippen molar-refractivity contribution in [3.05, 3.63) is 505 Å². The Labute approximate surface area is 706 Å². The van der Waals surface area contributed by atoms with Crippen molar-refractivity contribution in [3.8, 4) is 89.8 Å². The molecule has 574 valence electrons. The molecule has 19 aromatic rings. The smallest absolute Gasteiger partial charge is 0.127 e.